The van der Waals surface area contributed by atoms with Crippen molar-refractivity contribution >= 4 is 5.91 Å². The third-order valence-corrected chi connectivity index (χ3v) is 16.0. The van der Waals surface area contributed by atoms with Crippen LogP contribution in [0.2, 0.25) is 0 Å². The van der Waals surface area contributed by atoms with Crippen LogP contribution >= 0.6 is 0 Å². The molecule has 12 unspecified atom stereocenters. The topological polar surface area (TPSA) is 228 Å². The zero-order valence-electron chi connectivity index (χ0n) is 55.6. The van der Waals surface area contributed by atoms with E-state index in [0.717, 1.165) is 116 Å². The zero-order valence-corrected chi connectivity index (χ0v) is 55.6. The Bertz CT molecular complexity index is 2070. The molecule has 14 heteroatoms. The van der Waals surface area contributed by atoms with Gasteiger partial charge < -0.3 is 65.1 Å². The molecule has 0 radical (unpaired) electrons. The maximum Gasteiger partial charge on any atom is 0.220 e. The molecule has 2 saturated heterocycles. The van der Waals surface area contributed by atoms with Gasteiger partial charge in [0, 0.05) is 6.42 Å². The summed E-state index contributed by atoms with van der Waals surface area (Å²) < 4.78 is 22.8. The number of rotatable bonds is 55. The van der Waals surface area contributed by atoms with Crippen LogP contribution in [0.4, 0.5) is 0 Å². The molecule has 14 nitrogen and oxygen atoms in total. The first-order valence-electron chi connectivity index (χ1n) is 35.1. The van der Waals surface area contributed by atoms with Crippen LogP contribution in [0, 0.1) is 0 Å². The predicted molar refractivity (Wildman–Crippen MR) is 368 cm³/mol. The number of unbranched alkanes of at least 4 members (excludes halogenated alkanes) is 20. The minimum Gasteiger partial charge on any atom is -0.394 e. The fourth-order valence-corrected chi connectivity index (χ4v) is 10.5. The lowest BCUT2D eigenvalue weighted by Gasteiger charge is -2.46. The van der Waals surface area contributed by atoms with Crippen molar-refractivity contribution < 1.29 is 64.6 Å². The number of amides is 1. The summed E-state index contributed by atoms with van der Waals surface area (Å²) in [5, 5.41) is 87.3. The molecule has 12 atom stereocenters. The van der Waals surface area contributed by atoms with Gasteiger partial charge in [0.1, 0.15) is 48.8 Å². The van der Waals surface area contributed by atoms with Crippen molar-refractivity contribution in [3.63, 3.8) is 0 Å². The van der Waals surface area contributed by atoms with Crippen molar-refractivity contribution in [3.8, 4) is 0 Å². The van der Waals surface area contributed by atoms with Crippen molar-refractivity contribution in [1.29, 1.82) is 0 Å². The van der Waals surface area contributed by atoms with Crippen LogP contribution in [0.3, 0.4) is 0 Å². The lowest BCUT2D eigenvalue weighted by Crippen LogP contribution is -2.65. The van der Waals surface area contributed by atoms with Gasteiger partial charge >= 0.3 is 0 Å². The van der Waals surface area contributed by atoms with Gasteiger partial charge in [-0.2, -0.15) is 0 Å². The largest absolute Gasteiger partial charge is 0.394 e. The summed E-state index contributed by atoms with van der Waals surface area (Å²) in [6.45, 7) is 2.65. The second-order valence-corrected chi connectivity index (χ2v) is 23.9. The number of hydrogen-bond acceptors (Lipinski definition) is 13. The fraction of sp³-hybridized carbons (Fsp3) is 0.671. The highest BCUT2D eigenvalue weighted by Gasteiger charge is 2.51. The third kappa shape index (κ3) is 42.2. The Labute approximate surface area is 544 Å². The van der Waals surface area contributed by atoms with E-state index in [4.69, 9.17) is 18.9 Å². The molecular weight excluding hydrogens is 1130 g/mol. The molecule has 0 aliphatic carbocycles. The van der Waals surface area contributed by atoms with Gasteiger partial charge in [-0.1, -0.05) is 262 Å². The van der Waals surface area contributed by atoms with Crippen LogP contribution in [0.1, 0.15) is 232 Å². The van der Waals surface area contributed by atoms with E-state index in [9.17, 15) is 45.6 Å². The zero-order chi connectivity index (χ0) is 65.2. The van der Waals surface area contributed by atoms with Gasteiger partial charge in [-0.25, -0.2) is 0 Å². The Morgan fingerprint density at radius 2 is 0.778 bits per heavy atom. The van der Waals surface area contributed by atoms with Gasteiger partial charge in [-0.3, -0.25) is 4.79 Å². The number of carbonyl (C=O) groups excluding carboxylic acids is 1. The van der Waals surface area contributed by atoms with Crippen molar-refractivity contribution in [1.82, 2.24) is 5.32 Å². The van der Waals surface area contributed by atoms with E-state index in [2.05, 4.69) is 153 Å². The highest BCUT2D eigenvalue weighted by atomic mass is 16.7. The number of ether oxygens (including phenoxy) is 4. The molecule has 9 N–H and O–H groups in total. The lowest BCUT2D eigenvalue weighted by molar-refractivity contribution is -0.359. The minimum absolute atomic E-state index is 0.247. The van der Waals surface area contributed by atoms with Gasteiger partial charge in [-0.05, 0) is 109 Å². The molecule has 0 spiro atoms. The molecule has 2 heterocycles. The van der Waals surface area contributed by atoms with E-state index >= 15 is 0 Å². The minimum atomic E-state index is -1.80. The van der Waals surface area contributed by atoms with Crippen molar-refractivity contribution in [3.05, 3.63) is 146 Å². The molecule has 1 amide bonds. The van der Waals surface area contributed by atoms with E-state index in [0.29, 0.717) is 12.8 Å². The molecule has 2 fully saturated rings. The molecule has 2 rings (SSSR count). The summed E-state index contributed by atoms with van der Waals surface area (Å²) in [5.74, 6) is -0.269. The summed E-state index contributed by atoms with van der Waals surface area (Å²) >= 11 is 0. The van der Waals surface area contributed by atoms with Gasteiger partial charge in [0.25, 0.3) is 0 Å². The van der Waals surface area contributed by atoms with Crippen LogP contribution in [0.15, 0.2) is 146 Å². The summed E-state index contributed by atoms with van der Waals surface area (Å²) in [7, 11) is 0. The van der Waals surface area contributed by atoms with Crippen LogP contribution < -0.4 is 5.32 Å². The van der Waals surface area contributed by atoms with Crippen molar-refractivity contribution in [2.24, 2.45) is 0 Å². The SMILES string of the molecule is CC/C=C\C/C=C\C/C=C\C/C=C\C/C=C\C/C=C\C/C=C\C/C=C\C/C=C\C/C=C\CCCCCCCCC(=O)NC(COC1OC(CO)C(OC2OC(CO)C(O)C(O)C2O)C(O)C1O)C(O)/C=C/CC/C=C/CCCCCCCCCCCCCCC. The highest BCUT2D eigenvalue weighted by molar-refractivity contribution is 5.76. The number of allylic oxidation sites excluding steroid dienone is 23. The van der Waals surface area contributed by atoms with E-state index in [-0.39, 0.29) is 18.9 Å². The van der Waals surface area contributed by atoms with E-state index in [1.165, 1.54) is 83.5 Å². The van der Waals surface area contributed by atoms with Crippen LogP contribution in [0.5, 0.6) is 0 Å². The molecular formula is C76H125NO13. The summed E-state index contributed by atoms with van der Waals surface area (Å²) in [4.78, 5) is 13.3. The van der Waals surface area contributed by atoms with Crippen LogP contribution in [-0.2, 0) is 23.7 Å². The predicted octanol–water partition coefficient (Wildman–Crippen LogP) is 14.5. The molecule has 0 bridgehead atoms. The lowest BCUT2D eigenvalue weighted by atomic mass is 9.97. The fourth-order valence-electron chi connectivity index (χ4n) is 10.5. The first kappa shape index (κ1) is 82.0. The van der Waals surface area contributed by atoms with E-state index < -0.39 is 86.8 Å². The Kier molecular flexibility index (Phi) is 53.4. The molecule has 2 aliphatic rings. The molecule has 0 aromatic rings. The van der Waals surface area contributed by atoms with Gasteiger partial charge in [0.05, 0.1) is 32.0 Å². The number of aliphatic hydroxyl groups is 8. The number of aliphatic hydroxyl groups excluding tert-OH is 8. The summed E-state index contributed by atoms with van der Waals surface area (Å²) in [6.07, 6.45) is 71.8. The second kappa shape index (κ2) is 58.7. The second-order valence-electron chi connectivity index (χ2n) is 23.9. The molecule has 2 aliphatic heterocycles. The first-order valence-corrected chi connectivity index (χ1v) is 35.1. The van der Waals surface area contributed by atoms with E-state index in [1.54, 1.807) is 6.08 Å². The molecule has 90 heavy (non-hydrogen) atoms. The standard InChI is InChI=1S/C76H125NO13/c1-3-5-7-9-11-13-15-17-19-21-23-24-25-26-27-28-29-30-31-32-33-34-35-36-37-38-39-40-42-44-46-48-50-52-54-56-58-60-68(81)77-64(65(80)59-57-55-53-51-49-47-45-43-41-22-20-18-16-14-12-10-8-6-4-2)63-87-75-73(86)71(84)74(67(62-79)89-75)90-76-72(85)70(83)69(82)66(61-78)88-76/h5,7,11,13,17,19,23-24,26-27,29-30,32-33,35-36,38-39,42,44,49,51,57,59,64-67,69-76,78-80,82-86H,3-4,6,8-10,12,14-16,18,20-22,25,28,31,34,37,40-41,43,45-48,50,52-56,58,60-63H2,1-2H3,(H,77,81)/b7-5-,13-11-,19-17-,24-23-,27-26-,30-29-,33-32-,36-35-,39-38-,44-42-,51-49+,59-57+. The Balaban J connectivity index is 1.69. The molecule has 0 saturated carbocycles. The summed E-state index contributed by atoms with van der Waals surface area (Å²) in [6, 6.07) is -0.951. The smallest absolute Gasteiger partial charge is 0.220 e. The first-order chi connectivity index (χ1) is 44.1. The Morgan fingerprint density at radius 3 is 1.22 bits per heavy atom. The Morgan fingerprint density at radius 1 is 0.411 bits per heavy atom. The summed E-state index contributed by atoms with van der Waals surface area (Å²) in [5.41, 5.74) is 0. The highest BCUT2D eigenvalue weighted by Crippen LogP contribution is 2.30. The van der Waals surface area contributed by atoms with Crippen LogP contribution in [-0.4, -0.2) is 140 Å². The Hall–Kier alpha value is -4.13. The number of nitrogens with one attached hydrogen (secondary N) is 1. The van der Waals surface area contributed by atoms with Gasteiger partial charge in [0.2, 0.25) is 5.91 Å². The maximum atomic E-state index is 13.3. The molecule has 0 aromatic heterocycles. The molecule has 512 valence electrons. The van der Waals surface area contributed by atoms with Crippen LogP contribution in [0.25, 0.3) is 0 Å². The quantitative estimate of drug-likeness (QED) is 0.0204. The normalized spacial score (nSPS) is 23.8. The monoisotopic (exact) mass is 1260 g/mol. The average Bonchev–Trinajstić information content (AvgIpc) is 1.58. The van der Waals surface area contributed by atoms with Gasteiger partial charge in [-0.15, -0.1) is 0 Å². The van der Waals surface area contributed by atoms with Gasteiger partial charge in [0.15, 0.2) is 12.6 Å². The van der Waals surface area contributed by atoms with Crippen molar-refractivity contribution in [2.45, 2.75) is 306 Å². The maximum absolute atomic E-state index is 13.3. The van der Waals surface area contributed by atoms with Crippen molar-refractivity contribution in [2.75, 3.05) is 19.8 Å². The third-order valence-electron chi connectivity index (χ3n) is 16.0. The van der Waals surface area contributed by atoms with E-state index in [1.807, 2.05) is 6.08 Å². The average molecular weight is 1260 g/mol. The number of carbonyl (C=O) groups is 1. The number of hydrogen-bond donors (Lipinski definition) is 9. The molecule has 0 aromatic carbocycles.